The highest BCUT2D eigenvalue weighted by Gasteiger charge is 2.33. The van der Waals surface area contributed by atoms with Crippen molar-refractivity contribution in [3.05, 3.63) is 96.4 Å². The standard InChI is InChI=1S/C41H45FN6O10S/c1-25(26-9-14-29(42)15-10-26)35(49)44-30-16-11-27(12-17-30)28-13-20-34-45-37(46-47(34)22-28)48(32-19-18-31(59(8,53)54)21-33(32)55-7)39(52)57-24-56-36(50)41(5,6)23-43-38(51)58-40(2,3)4/h9-22,25H,23-24H2,1-8H3,(H,43,51)(H,44,49)/t25-/m1/s1. The number of carbonyl (C=O) groups is 4. The molecule has 2 heterocycles. The van der Waals surface area contributed by atoms with E-state index in [1.807, 2.05) is 0 Å². The van der Waals surface area contributed by atoms with Gasteiger partial charge in [-0.25, -0.2) is 31.8 Å². The summed E-state index contributed by atoms with van der Waals surface area (Å²) in [5, 5.41) is 9.91. The van der Waals surface area contributed by atoms with Crippen LogP contribution in [0.1, 0.15) is 53.0 Å². The minimum Gasteiger partial charge on any atom is -0.495 e. The summed E-state index contributed by atoms with van der Waals surface area (Å²) in [6, 6.07) is 20.1. The molecule has 2 N–H and O–H groups in total. The van der Waals surface area contributed by atoms with Gasteiger partial charge in [-0.15, -0.1) is 5.10 Å². The minimum absolute atomic E-state index is 0.0145. The van der Waals surface area contributed by atoms with Crippen LogP contribution in [0.3, 0.4) is 0 Å². The fourth-order valence-corrected chi connectivity index (χ4v) is 6.11. The Morgan fingerprint density at radius 2 is 1.56 bits per heavy atom. The van der Waals surface area contributed by atoms with Crippen LogP contribution in [0.15, 0.2) is 90.0 Å². The Hall–Kier alpha value is -6.56. The van der Waals surface area contributed by atoms with Crippen molar-refractivity contribution in [2.45, 2.75) is 58.0 Å². The highest BCUT2D eigenvalue weighted by atomic mass is 32.2. The predicted octanol–water partition coefficient (Wildman–Crippen LogP) is 7.02. The monoisotopic (exact) mass is 832 g/mol. The summed E-state index contributed by atoms with van der Waals surface area (Å²) in [5.74, 6) is -2.19. The van der Waals surface area contributed by atoms with Gasteiger partial charge >= 0.3 is 18.2 Å². The largest absolute Gasteiger partial charge is 0.495 e. The number of pyridine rings is 1. The summed E-state index contributed by atoms with van der Waals surface area (Å²) in [6.45, 7) is 8.89. The number of ether oxygens (including phenoxy) is 4. The van der Waals surface area contributed by atoms with E-state index in [-0.39, 0.29) is 40.5 Å². The average molecular weight is 833 g/mol. The molecule has 0 saturated heterocycles. The molecule has 0 spiro atoms. The first kappa shape index (κ1) is 43.6. The number of hydrogen-bond acceptors (Lipinski definition) is 12. The lowest BCUT2D eigenvalue weighted by molar-refractivity contribution is -0.161. The molecule has 0 fully saturated rings. The molecule has 3 amide bonds. The summed E-state index contributed by atoms with van der Waals surface area (Å²) in [5.41, 5.74) is 1.02. The summed E-state index contributed by atoms with van der Waals surface area (Å²) < 4.78 is 60.8. The van der Waals surface area contributed by atoms with Crippen molar-refractivity contribution in [1.29, 1.82) is 0 Å². The van der Waals surface area contributed by atoms with E-state index in [1.54, 1.807) is 82.4 Å². The van der Waals surface area contributed by atoms with Crippen LogP contribution in [-0.2, 0) is 33.6 Å². The van der Waals surface area contributed by atoms with Crippen LogP contribution in [0.5, 0.6) is 5.75 Å². The zero-order valence-corrected chi connectivity index (χ0v) is 34.5. The molecule has 5 rings (SSSR count). The van der Waals surface area contributed by atoms with Crippen LogP contribution in [0.2, 0.25) is 0 Å². The molecule has 59 heavy (non-hydrogen) atoms. The second kappa shape index (κ2) is 17.5. The molecular weight excluding hydrogens is 788 g/mol. The Kier molecular flexibility index (Phi) is 12.9. The van der Waals surface area contributed by atoms with Crippen LogP contribution in [-0.4, -0.2) is 79.4 Å². The summed E-state index contributed by atoms with van der Waals surface area (Å²) in [4.78, 5) is 57.1. The zero-order valence-electron chi connectivity index (χ0n) is 33.7. The number of alkyl carbamates (subject to hydrolysis) is 1. The van der Waals surface area contributed by atoms with Crippen molar-refractivity contribution in [2.24, 2.45) is 5.41 Å². The normalized spacial score (nSPS) is 12.3. The van der Waals surface area contributed by atoms with Gasteiger partial charge in [-0.3, -0.25) is 9.59 Å². The first-order valence-corrected chi connectivity index (χ1v) is 20.1. The number of aromatic nitrogens is 3. The molecule has 3 aromatic carbocycles. The highest BCUT2D eigenvalue weighted by molar-refractivity contribution is 7.90. The van der Waals surface area contributed by atoms with Gasteiger partial charge < -0.3 is 29.6 Å². The zero-order chi connectivity index (χ0) is 43.3. The molecule has 0 bridgehead atoms. The van der Waals surface area contributed by atoms with Gasteiger partial charge in [0.2, 0.25) is 12.7 Å². The van der Waals surface area contributed by atoms with E-state index in [0.717, 1.165) is 16.7 Å². The topological polar surface area (TPSA) is 197 Å². The lowest BCUT2D eigenvalue weighted by Crippen LogP contribution is -2.42. The van der Waals surface area contributed by atoms with E-state index in [9.17, 15) is 32.0 Å². The lowest BCUT2D eigenvalue weighted by atomic mass is 9.94. The number of halogens is 1. The number of rotatable bonds is 13. The molecule has 312 valence electrons. The number of amides is 3. The van der Waals surface area contributed by atoms with Gasteiger partial charge in [0.25, 0.3) is 5.95 Å². The Morgan fingerprint density at radius 3 is 2.19 bits per heavy atom. The van der Waals surface area contributed by atoms with Gasteiger partial charge in [0.1, 0.15) is 17.2 Å². The number of fused-ring (bicyclic) bond motifs is 1. The SMILES string of the molecule is COc1cc(S(C)(=O)=O)ccc1N(C(=O)OCOC(=O)C(C)(C)CNC(=O)OC(C)(C)C)c1nc2ccc(-c3ccc(NC(=O)[C@H](C)c4ccc(F)cc4)cc3)cn2n1. The molecule has 5 aromatic rings. The maximum Gasteiger partial charge on any atom is 0.424 e. The quantitative estimate of drug-likeness (QED) is 0.0911. The van der Waals surface area contributed by atoms with Crippen molar-refractivity contribution in [3.63, 3.8) is 0 Å². The number of carbonyl (C=O) groups excluding carboxylic acids is 4. The molecule has 0 saturated carbocycles. The number of nitrogens with one attached hydrogen (secondary N) is 2. The van der Waals surface area contributed by atoms with Crippen LogP contribution < -0.4 is 20.3 Å². The maximum atomic E-state index is 13.8. The van der Waals surface area contributed by atoms with Gasteiger partial charge in [-0.1, -0.05) is 24.3 Å². The van der Waals surface area contributed by atoms with E-state index in [4.69, 9.17) is 18.9 Å². The molecular formula is C41H45FN6O10S. The van der Waals surface area contributed by atoms with Gasteiger partial charge in [0.15, 0.2) is 15.5 Å². The van der Waals surface area contributed by atoms with E-state index >= 15 is 0 Å². The fourth-order valence-electron chi connectivity index (χ4n) is 5.47. The van der Waals surface area contributed by atoms with Crippen molar-refractivity contribution in [3.8, 4) is 16.9 Å². The van der Waals surface area contributed by atoms with Gasteiger partial charge in [-0.2, -0.15) is 4.98 Å². The number of esters is 1. The van der Waals surface area contributed by atoms with Gasteiger partial charge in [0, 0.05) is 36.3 Å². The Morgan fingerprint density at radius 1 is 0.898 bits per heavy atom. The Balaban J connectivity index is 1.36. The highest BCUT2D eigenvalue weighted by Crippen LogP contribution is 2.36. The number of sulfone groups is 1. The van der Waals surface area contributed by atoms with E-state index < -0.39 is 51.7 Å². The number of hydrogen-bond donors (Lipinski definition) is 2. The first-order chi connectivity index (χ1) is 27.6. The summed E-state index contributed by atoms with van der Waals surface area (Å²) in [6.07, 6.45) is 0.861. The fraction of sp³-hybridized carbons (Fsp3) is 0.317. The van der Waals surface area contributed by atoms with Crippen molar-refractivity contribution in [2.75, 3.05) is 36.9 Å². The van der Waals surface area contributed by atoms with E-state index in [0.29, 0.717) is 22.5 Å². The van der Waals surface area contributed by atoms with Crippen molar-refractivity contribution in [1.82, 2.24) is 19.9 Å². The van der Waals surface area contributed by atoms with Gasteiger partial charge in [0.05, 0.1) is 29.0 Å². The number of benzene rings is 3. The van der Waals surface area contributed by atoms with Crippen LogP contribution in [0.25, 0.3) is 16.8 Å². The molecule has 0 aliphatic rings. The lowest BCUT2D eigenvalue weighted by Gasteiger charge is -2.25. The van der Waals surface area contributed by atoms with Crippen LogP contribution >= 0.6 is 0 Å². The van der Waals surface area contributed by atoms with Crippen LogP contribution in [0, 0.1) is 11.2 Å². The second-order valence-corrected chi connectivity index (χ2v) is 17.1. The molecule has 0 aliphatic heterocycles. The molecule has 2 aromatic heterocycles. The molecule has 0 unspecified atom stereocenters. The number of methoxy groups -OCH3 is 1. The smallest absolute Gasteiger partial charge is 0.424 e. The third-order valence-electron chi connectivity index (χ3n) is 8.77. The number of nitrogens with zero attached hydrogens (tertiary/aromatic N) is 4. The third-order valence-corrected chi connectivity index (χ3v) is 9.88. The third kappa shape index (κ3) is 11.1. The van der Waals surface area contributed by atoms with Gasteiger partial charge in [-0.05, 0) is 101 Å². The van der Waals surface area contributed by atoms with E-state index in [1.165, 1.54) is 55.8 Å². The molecule has 1 atom stereocenters. The molecule has 0 radical (unpaired) electrons. The molecule has 16 nitrogen and oxygen atoms in total. The van der Waals surface area contributed by atoms with E-state index in [2.05, 4.69) is 20.7 Å². The minimum atomic E-state index is -3.67. The molecule has 18 heteroatoms. The molecule has 0 aliphatic carbocycles. The van der Waals surface area contributed by atoms with Crippen molar-refractivity contribution >= 4 is 56.9 Å². The average Bonchev–Trinajstić information content (AvgIpc) is 3.59. The Labute approximate surface area is 340 Å². The summed E-state index contributed by atoms with van der Waals surface area (Å²) in [7, 11) is -2.38. The summed E-state index contributed by atoms with van der Waals surface area (Å²) >= 11 is 0. The second-order valence-electron chi connectivity index (χ2n) is 15.1. The van der Waals surface area contributed by atoms with Crippen molar-refractivity contribution < 1.29 is 50.9 Å². The maximum absolute atomic E-state index is 13.8. The Bertz CT molecular complexity index is 2470. The van der Waals surface area contributed by atoms with Crippen LogP contribution in [0.4, 0.5) is 31.3 Å². The number of anilines is 3. The predicted molar refractivity (Wildman–Crippen MR) is 216 cm³/mol. The first-order valence-electron chi connectivity index (χ1n) is 18.2.